The highest BCUT2D eigenvalue weighted by molar-refractivity contribution is 5.79. The molecule has 1 aliphatic heterocycles. The first-order valence-electron chi connectivity index (χ1n) is 5.18. The van der Waals surface area contributed by atoms with Gasteiger partial charge < -0.3 is 14.6 Å². The second-order valence-electron chi connectivity index (χ2n) is 4.02. The average Bonchev–Trinajstić information content (AvgIpc) is 2.56. The largest absolute Gasteiger partial charge is 0.388 e. The highest BCUT2D eigenvalue weighted by Gasteiger charge is 2.30. The second-order valence-corrected chi connectivity index (χ2v) is 4.02. The molecule has 2 rings (SSSR count). The van der Waals surface area contributed by atoms with E-state index in [4.69, 9.17) is 9.47 Å². The quantitative estimate of drug-likeness (QED) is 0.695. The lowest BCUT2D eigenvalue weighted by Crippen LogP contribution is -2.33. The maximum Gasteiger partial charge on any atom is 0.133 e. The number of hydrogen-bond acceptors (Lipinski definition) is 4. The molecule has 1 aliphatic carbocycles. The third kappa shape index (κ3) is 2.32. The maximum atomic E-state index is 11.0. The molecule has 0 aromatic heterocycles. The summed E-state index contributed by atoms with van der Waals surface area (Å²) in [5.74, 6) is 0.327. The molecule has 0 aromatic carbocycles. The van der Waals surface area contributed by atoms with Crippen LogP contribution in [0, 0.1) is 0 Å². The minimum Gasteiger partial charge on any atom is -0.388 e. The summed E-state index contributed by atoms with van der Waals surface area (Å²) in [7, 11) is 0. The summed E-state index contributed by atoms with van der Waals surface area (Å²) >= 11 is 0. The number of aliphatic hydroxyl groups excluding tert-OH is 1. The van der Waals surface area contributed by atoms with E-state index in [1.165, 1.54) is 0 Å². The Balaban J connectivity index is 1.77. The molecule has 2 fully saturated rings. The number of aliphatic hydroxyl groups is 1. The van der Waals surface area contributed by atoms with Gasteiger partial charge in [0, 0.05) is 12.8 Å². The van der Waals surface area contributed by atoms with Crippen molar-refractivity contribution in [2.45, 2.75) is 44.0 Å². The highest BCUT2D eigenvalue weighted by atomic mass is 16.6. The van der Waals surface area contributed by atoms with Crippen molar-refractivity contribution in [1.29, 1.82) is 0 Å². The molecule has 14 heavy (non-hydrogen) atoms. The molecular weight excluding hydrogens is 184 g/mol. The van der Waals surface area contributed by atoms with Gasteiger partial charge in [0.25, 0.3) is 0 Å². The summed E-state index contributed by atoms with van der Waals surface area (Å²) in [6, 6.07) is 0. The number of carbonyl (C=O) groups excluding carboxylic acids is 1. The van der Waals surface area contributed by atoms with Crippen molar-refractivity contribution in [3.63, 3.8) is 0 Å². The molecule has 0 radical (unpaired) electrons. The molecule has 80 valence electrons. The third-order valence-corrected chi connectivity index (χ3v) is 2.86. The fourth-order valence-electron chi connectivity index (χ4n) is 1.95. The Bertz CT molecular complexity index is 206. The second kappa shape index (κ2) is 4.38. The summed E-state index contributed by atoms with van der Waals surface area (Å²) in [6.45, 7) is 0.849. The third-order valence-electron chi connectivity index (χ3n) is 2.86. The van der Waals surface area contributed by atoms with Crippen LogP contribution in [0.1, 0.15) is 25.7 Å². The molecule has 1 saturated heterocycles. The molecule has 0 bridgehead atoms. The Morgan fingerprint density at radius 1 is 1.29 bits per heavy atom. The molecule has 2 unspecified atom stereocenters. The van der Waals surface area contributed by atoms with Crippen LogP contribution in [0.4, 0.5) is 0 Å². The van der Waals surface area contributed by atoms with Gasteiger partial charge in [0.05, 0.1) is 19.3 Å². The first-order valence-corrected chi connectivity index (χ1v) is 5.18. The smallest absolute Gasteiger partial charge is 0.133 e. The molecule has 2 atom stereocenters. The van der Waals surface area contributed by atoms with E-state index < -0.39 is 6.10 Å². The summed E-state index contributed by atoms with van der Waals surface area (Å²) in [5, 5.41) is 9.45. The first-order chi connectivity index (χ1) is 6.75. The van der Waals surface area contributed by atoms with E-state index in [9.17, 15) is 9.90 Å². The van der Waals surface area contributed by atoms with E-state index in [1.54, 1.807) is 0 Å². The molecule has 1 saturated carbocycles. The summed E-state index contributed by atoms with van der Waals surface area (Å²) in [5.41, 5.74) is 0. The lowest BCUT2D eigenvalue weighted by molar-refractivity contribution is -0.125. The number of ketones is 1. The zero-order chi connectivity index (χ0) is 9.97. The number of ether oxygens (including phenoxy) is 2. The number of carbonyl (C=O) groups is 1. The van der Waals surface area contributed by atoms with Gasteiger partial charge in [0.1, 0.15) is 18.0 Å². The Hall–Kier alpha value is -0.450. The van der Waals surface area contributed by atoms with Crippen molar-refractivity contribution < 1.29 is 19.4 Å². The van der Waals surface area contributed by atoms with Crippen molar-refractivity contribution >= 4 is 5.78 Å². The standard InChI is InChI=1S/C10H16O4/c11-7-1-3-8(4-2-7)14-10-6-13-5-9(10)12/h8-10,12H,1-6H2. The van der Waals surface area contributed by atoms with Gasteiger partial charge in [-0.05, 0) is 12.8 Å². The van der Waals surface area contributed by atoms with E-state index in [1.807, 2.05) is 0 Å². The van der Waals surface area contributed by atoms with Crippen LogP contribution in [0.5, 0.6) is 0 Å². The molecule has 2 aliphatic rings. The van der Waals surface area contributed by atoms with Gasteiger partial charge in [-0.2, -0.15) is 0 Å². The van der Waals surface area contributed by atoms with Crippen molar-refractivity contribution in [3.8, 4) is 0 Å². The predicted octanol–water partition coefficient (Wildman–Crippen LogP) is 0.274. The van der Waals surface area contributed by atoms with Crippen LogP contribution < -0.4 is 0 Å². The molecule has 0 spiro atoms. The van der Waals surface area contributed by atoms with Crippen LogP contribution in [0.15, 0.2) is 0 Å². The van der Waals surface area contributed by atoms with E-state index in [0.717, 1.165) is 12.8 Å². The van der Waals surface area contributed by atoms with Crippen LogP contribution >= 0.6 is 0 Å². The number of Topliss-reactive ketones (excluding diaryl/α,β-unsaturated/α-hetero) is 1. The minimum atomic E-state index is -0.493. The van der Waals surface area contributed by atoms with E-state index in [-0.39, 0.29) is 12.2 Å². The van der Waals surface area contributed by atoms with Gasteiger partial charge in [-0.1, -0.05) is 0 Å². The SMILES string of the molecule is O=C1CCC(OC2COCC2O)CC1. The average molecular weight is 200 g/mol. The van der Waals surface area contributed by atoms with Crippen LogP contribution in [-0.2, 0) is 14.3 Å². The van der Waals surface area contributed by atoms with Crippen LogP contribution in [0.2, 0.25) is 0 Å². The molecule has 0 aromatic rings. The predicted molar refractivity (Wildman–Crippen MR) is 49.0 cm³/mol. The van der Waals surface area contributed by atoms with Gasteiger partial charge in [0.2, 0.25) is 0 Å². The summed E-state index contributed by atoms with van der Waals surface area (Å²) < 4.78 is 10.8. The lowest BCUT2D eigenvalue weighted by atomic mass is 9.96. The fraction of sp³-hybridized carbons (Fsp3) is 0.900. The van der Waals surface area contributed by atoms with Gasteiger partial charge in [-0.15, -0.1) is 0 Å². The number of rotatable bonds is 2. The van der Waals surface area contributed by atoms with Crippen LogP contribution in [0.25, 0.3) is 0 Å². The van der Waals surface area contributed by atoms with E-state index in [0.29, 0.717) is 31.8 Å². The van der Waals surface area contributed by atoms with Crippen molar-refractivity contribution in [2.75, 3.05) is 13.2 Å². The van der Waals surface area contributed by atoms with Crippen LogP contribution in [0.3, 0.4) is 0 Å². The Kier molecular flexibility index (Phi) is 3.15. The van der Waals surface area contributed by atoms with E-state index >= 15 is 0 Å². The number of hydrogen-bond donors (Lipinski definition) is 1. The molecule has 1 heterocycles. The Morgan fingerprint density at radius 2 is 2.00 bits per heavy atom. The van der Waals surface area contributed by atoms with Crippen molar-refractivity contribution in [1.82, 2.24) is 0 Å². The lowest BCUT2D eigenvalue weighted by Gasteiger charge is -2.25. The molecule has 1 N–H and O–H groups in total. The zero-order valence-corrected chi connectivity index (χ0v) is 8.15. The van der Waals surface area contributed by atoms with Crippen LogP contribution in [-0.4, -0.2) is 42.4 Å². The molecule has 4 nitrogen and oxygen atoms in total. The van der Waals surface area contributed by atoms with Gasteiger partial charge in [-0.3, -0.25) is 4.79 Å². The zero-order valence-electron chi connectivity index (χ0n) is 8.15. The summed E-state index contributed by atoms with van der Waals surface area (Å²) in [4.78, 5) is 11.0. The normalized spacial score (nSPS) is 35.1. The van der Waals surface area contributed by atoms with Crippen molar-refractivity contribution in [3.05, 3.63) is 0 Å². The van der Waals surface area contributed by atoms with Gasteiger partial charge in [0.15, 0.2) is 0 Å². The van der Waals surface area contributed by atoms with Gasteiger partial charge in [-0.25, -0.2) is 0 Å². The Labute approximate surface area is 83.2 Å². The van der Waals surface area contributed by atoms with E-state index in [2.05, 4.69) is 0 Å². The molecule has 4 heteroatoms. The first kappa shape index (κ1) is 10.1. The monoisotopic (exact) mass is 200 g/mol. The Morgan fingerprint density at radius 3 is 2.57 bits per heavy atom. The minimum absolute atomic E-state index is 0.133. The topological polar surface area (TPSA) is 55.8 Å². The summed E-state index contributed by atoms with van der Waals surface area (Å²) in [6.07, 6.45) is 2.28. The highest BCUT2D eigenvalue weighted by Crippen LogP contribution is 2.22. The molecule has 0 amide bonds. The van der Waals surface area contributed by atoms with Crippen molar-refractivity contribution in [2.24, 2.45) is 0 Å². The maximum absolute atomic E-state index is 11.0. The fourth-order valence-corrected chi connectivity index (χ4v) is 1.95. The molecular formula is C10H16O4. The van der Waals surface area contributed by atoms with Gasteiger partial charge >= 0.3 is 0 Å².